The molecule has 3 rings (SSSR count). The molecule has 132 valence electrons. The minimum Gasteiger partial charge on any atom is -0.495 e. The van der Waals surface area contributed by atoms with E-state index in [1.807, 2.05) is 19.1 Å². The smallest absolute Gasteiger partial charge is 0.244 e. The lowest BCUT2D eigenvalue weighted by Crippen LogP contribution is -2.31. The van der Waals surface area contributed by atoms with Gasteiger partial charge in [-0.05, 0) is 31.2 Å². The molecular formula is C18H17Cl2NO3S. The zero-order chi connectivity index (χ0) is 18.2. The van der Waals surface area contributed by atoms with Crippen molar-refractivity contribution in [2.24, 2.45) is 0 Å². The monoisotopic (exact) mass is 397 g/mol. The Kier molecular flexibility index (Phi) is 5.11. The van der Waals surface area contributed by atoms with E-state index < -0.39 is 16.1 Å². The van der Waals surface area contributed by atoms with Crippen LogP contribution in [0.2, 0.25) is 10.0 Å². The van der Waals surface area contributed by atoms with Crippen LogP contribution in [0.3, 0.4) is 0 Å². The van der Waals surface area contributed by atoms with Crippen LogP contribution in [0.15, 0.2) is 53.4 Å². The fourth-order valence-electron chi connectivity index (χ4n) is 2.87. The van der Waals surface area contributed by atoms with Gasteiger partial charge in [0.25, 0.3) is 0 Å². The van der Waals surface area contributed by atoms with E-state index in [9.17, 15) is 8.42 Å². The summed E-state index contributed by atoms with van der Waals surface area (Å²) in [5, 5.41) is 0.770. The highest BCUT2D eigenvalue weighted by Crippen LogP contribution is 2.41. The molecule has 0 spiro atoms. The standard InChI is InChI=1S/C18H17Cl2NO3S/c1-12-5-7-14(8-6-12)25(22,23)21-9-3-4-17(21)15-10-13(19)11-16(20)18(15)24-2/h3-8,10-11,17H,9H2,1-2H3. The van der Waals surface area contributed by atoms with Crippen LogP contribution in [0.1, 0.15) is 17.2 Å². The summed E-state index contributed by atoms with van der Waals surface area (Å²) >= 11 is 12.3. The number of methoxy groups -OCH3 is 1. The minimum atomic E-state index is -3.67. The van der Waals surface area contributed by atoms with Gasteiger partial charge in [-0.25, -0.2) is 8.42 Å². The molecular weight excluding hydrogens is 381 g/mol. The van der Waals surface area contributed by atoms with Gasteiger partial charge in [0.1, 0.15) is 5.75 Å². The van der Waals surface area contributed by atoms with Crippen LogP contribution in [-0.2, 0) is 10.0 Å². The number of aryl methyl sites for hydroxylation is 1. The molecule has 0 saturated heterocycles. The van der Waals surface area contributed by atoms with E-state index in [0.717, 1.165) is 5.56 Å². The van der Waals surface area contributed by atoms with Crippen molar-refractivity contribution in [2.45, 2.75) is 17.9 Å². The fraction of sp³-hybridized carbons (Fsp3) is 0.222. The summed E-state index contributed by atoms with van der Waals surface area (Å²) in [6.45, 7) is 2.18. The second-order valence-electron chi connectivity index (χ2n) is 5.77. The highest BCUT2D eigenvalue weighted by molar-refractivity contribution is 7.89. The van der Waals surface area contributed by atoms with E-state index in [1.54, 1.807) is 36.4 Å². The van der Waals surface area contributed by atoms with Gasteiger partial charge < -0.3 is 4.74 Å². The van der Waals surface area contributed by atoms with Crippen molar-refractivity contribution in [1.29, 1.82) is 0 Å². The molecule has 7 heteroatoms. The Bertz CT molecular complexity index is 924. The average molecular weight is 398 g/mol. The molecule has 1 aliphatic heterocycles. The summed E-state index contributed by atoms with van der Waals surface area (Å²) in [5.41, 5.74) is 1.61. The fourth-order valence-corrected chi connectivity index (χ4v) is 4.97. The third-order valence-corrected chi connectivity index (χ3v) is 6.46. The van der Waals surface area contributed by atoms with Gasteiger partial charge in [-0.2, -0.15) is 4.31 Å². The number of sulfonamides is 1. The molecule has 0 N–H and O–H groups in total. The maximum absolute atomic E-state index is 13.1. The van der Waals surface area contributed by atoms with Gasteiger partial charge in [0, 0.05) is 17.1 Å². The van der Waals surface area contributed by atoms with Crippen molar-refractivity contribution < 1.29 is 13.2 Å². The van der Waals surface area contributed by atoms with E-state index in [0.29, 0.717) is 21.4 Å². The Balaban J connectivity index is 2.07. The number of rotatable bonds is 4. The minimum absolute atomic E-state index is 0.249. The molecule has 4 nitrogen and oxygen atoms in total. The maximum atomic E-state index is 13.1. The summed E-state index contributed by atoms with van der Waals surface area (Å²) < 4.78 is 32.9. The first-order valence-corrected chi connectivity index (χ1v) is 9.82. The molecule has 0 bridgehead atoms. The summed E-state index contributed by atoms with van der Waals surface area (Å²) in [7, 11) is -2.18. The molecule has 0 aromatic heterocycles. The molecule has 1 atom stereocenters. The van der Waals surface area contributed by atoms with Crippen molar-refractivity contribution in [1.82, 2.24) is 4.31 Å². The van der Waals surface area contributed by atoms with Crippen LogP contribution in [-0.4, -0.2) is 26.4 Å². The van der Waals surface area contributed by atoms with Crippen molar-refractivity contribution >= 4 is 33.2 Å². The highest BCUT2D eigenvalue weighted by atomic mass is 35.5. The predicted octanol–water partition coefficient (Wildman–Crippen LogP) is 4.61. The van der Waals surface area contributed by atoms with E-state index in [-0.39, 0.29) is 11.4 Å². The summed E-state index contributed by atoms with van der Waals surface area (Å²) in [5.74, 6) is 0.423. The average Bonchev–Trinajstić information content (AvgIpc) is 3.05. The Hall–Kier alpha value is -1.53. The molecule has 1 aliphatic rings. The van der Waals surface area contributed by atoms with Crippen LogP contribution in [0.5, 0.6) is 5.75 Å². The van der Waals surface area contributed by atoms with Gasteiger partial charge in [0.05, 0.1) is 23.1 Å². The second kappa shape index (κ2) is 7.00. The van der Waals surface area contributed by atoms with Gasteiger partial charge in [0.15, 0.2) is 0 Å². The first-order valence-electron chi connectivity index (χ1n) is 7.62. The molecule has 2 aromatic carbocycles. The van der Waals surface area contributed by atoms with Crippen LogP contribution in [0.25, 0.3) is 0 Å². The zero-order valence-corrected chi connectivity index (χ0v) is 16.1. The Labute approximate surface area is 157 Å². The normalized spacial score (nSPS) is 17.8. The number of hydrogen-bond donors (Lipinski definition) is 0. The molecule has 0 saturated carbocycles. The molecule has 25 heavy (non-hydrogen) atoms. The molecule has 1 heterocycles. The summed E-state index contributed by atoms with van der Waals surface area (Å²) in [6, 6.07) is 9.51. The van der Waals surface area contributed by atoms with E-state index >= 15 is 0 Å². The van der Waals surface area contributed by atoms with Crippen molar-refractivity contribution in [2.75, 3.05) is 13.7 Å². The van der Waals surface area contributed by atoms with Gasteiger partial charge in [-0.15, -0.1) is 0 Å². The molecule has 0 radical (unpaired) electrons. The van der Waals surface area contributed by atoms with Gasteiger partial charge in [-0.3, -0.25) is 0 Å². The largest absolute Gasteiger partial charge is 0.495 e. The highest BCUT2D eigenvalue weighted by Gasteiger charge is 2.35. The van der Waals surface area contributed by atoms with Gasteiger partial charge in [-0.1, -0.05) is 53.1 Å². The van der Waals surface area contributed by atoms with Crippen LogP contribution < -0.4 is 4.74 Å². The SMILES string of the molecule is COc1c(Cl)cc(Cl)cc1C1C=CCN1S(=O)(=O)c1ccc(C)cc1. The first kappa shape index (κ1) is 18.3. The van der Waals surface area contributed by atoms with E-state index in [1.165, 1.54) is 11.4 Å². The molecule has 0 fully saturated rings. The second-order valence-corrected chi connectivity index (χ2v) is 8.51. The zero-order valence-electron chi connectivity index (χ0n) is 13.7. The number of hydrogen-bond acceptors (Lipinski definition) is 3. The van der Waals surface area contributed by atoms with Crippen molar-refractivity contribution in [3.8, 4) is 5.75 Å². The third kappa shape index (κ3) is 3.42. The van der Waals surface area contributed by atoms with Crippen LogP contribution >= 0.6 is 23.2 Å². The Morgan fingerprint density at radius 1 is 1.16 bits per heavy atom. The lowest BCUT2D eigenvalue weighted by molar-refractivity contribution is 0.381. The van der Waals surface area contributed by atoms with Crippen molar-refractivity contribution in [3.63, 3.8) is 0 Å². The number of ether oxygens (including phenoxy) is 1. The third-order valence-electron chi connectivity index (χ3n) is 4.10. The number of halogens is 2. The summed E-state index contributed by atoms with van der Waals surface area (Å²) in [6.07, 6.45) is 3.63. The van der Waals surface area contributed by atoms with Crippen molar-refractivity contribution in [3.05, 3.63) is 69.7 Å². The summed E-state index contributed by atoms with van der Waals surface area (Å²) in [4.78, 5) is 0.249. The van der Waals surface area contributed by atoms with E-state index in [4.69, 9.17) is 27.9 Å². The first-order chi connectivity index (χ1) is 11.8. The van der Waals surface area contributed by atoms with Crippen LogP contribution in [0, 0.1) is 6.92 Å². The quantitative estimate of drug-likeness (QED) is 0.707. The van der Waals surface area contributed by atoms with Gasteiger partial charge >= 0.3 is 0 Å². The predicted molar refractivity (Wildman–Crippen MR) is 100.0 cm³/mol. The topological polar surface area (TPSA) is 46.6 Å². The number of nitrogens with zero attached hydrogens (tertiary/aromatic N) is 1. The lowest BCUT2D eigenvalue weighted by Gasteiger charge is -2.26. The Morgan fingerprint density at radius 2 is 1.84 bits per heavy atom. The maximum Gasteiger partial charge on any atom is 0.244 e. The van der Waals surface area contributed by atoms with E-state index in [2.05, 4.69) is 0 Å². The Morgan fingerprint density at radius 3 is 2.48 bits per heavy atom. The van der Waals surface area contributed by atoms with Gasteiger partial charge in [0.2, 0.25) is 10.0 Å². The lowest BCUT2D eigenvalue weighted by atomic mass is 10.1. The molecule has 0 aliphatic carbocycles. The molecule has 2 aromatic rings. The van der Waals surface area contributed by atoms with Crippen LogP contribution in [0.4, 0.5) is 0 Å². The molecule has 1 unspecified atom stereocenters. The number of benzene rings is 2. The molecule has 0 amide bonds.